The maximum absolute atomic E-state index is 10.5. The number of aliphatic carboxylic acids is 1. The number of carboxylic acid groups (broad SMARTS) is 1. The van der Waals surface area contributed by atoms with Crippen LogP contribution in [0.2, 0.25) is 0 Å². The number of hydrogen-bond donors (Lipinski definition) is 4. The van der Waals surface area contributed by atoms with E-state index in [2.05, 4.69) is 6.92 Å². The van der Waals surface area contributed by atoms with E-state index in [0.717, 1.165) is 19.3 Å². The van der Waals surface area contributed by atoms with Crippen molar-refractivity contribution in [3.8, 4) is 0 Å². The SMILES string of the molecule is CCCCC[C@@H](O)/C=C/[C@H]1O[C@@H](O)C[C@@H](O)[C@@H]1C/C=C\CCCC(=O)O. The second-order valence-corrected chi connectivity index (χ2v) is 6.96. The van der Waals surface area contributed by atoms with E-state index in [1.165, 1.54) is 0 Å². The monoisotopic (exact) mass is 370 g/mol. The predicted octanol–water partition coefficient (Wildman–Crippen LogP) is 2.77. The van der Waals surface area contributed by atoms with Gasteiger partial charge in [0.05, 0.1) is 18.3 Å². The number of hydrogen-bond acceptors (Lipinski definition) is 5. The normalized spacial score (nSPS) is 28.0. The Bertz CT molecular complexity index is 448. The van der Waals surface area contributed by atoms with Crippen LogP contribution in [0.4, 0.5) is 0 Å². The molecule has 4 N–H and O–H groups in total. The van der Waals surface area contributed by atoms with Gasteiger partial charge in [0.2, 0.25) is 0 Å². The van der Waals surface area contributed by atoms with E-state index in [-0.39, 0.29) is 18.8 Å². The number of aliphatic hydroxyl groups excluding tert-OH is 3. The lowest BCUT2D eigenvalue weighted by molar-refractivity contribution is -0.199. The number of carboxylic acids is 1. The summed E-state index contributed by atoms with van der Waals surface area (Å²) in [5.74, 6) is -1.00. The minimum absolute atomic E-state index is 0.146. The Morgan fingerprint density at radius 2 is 2.00 bits per heavy atom. The van der Waals surface area contributed by atoms with Crippen LogP contribution in [-0.4, -0.2) is 51.0 Å². The van der Waals surface area contributed by atoms with Crippen molar-refractivity contribution in [3.63, 3.8) is 0 Å². The van der Waals surface area contributed by atoms with E-state index >= 15 is 0 Å². The molecule has 1 heterocycles. The molecule has 0 saturated carbocycles. The van der Waals surface area contributed by atoms with Gasteiger partial charge >= 0.3 is 5.97 Å². The highest BCUT2D eigenvalue weighted by atomic mass is 16.6. The van der Waals surface area contributed by atoms with Crippen molar-refractivity contribution in [2.75, 3.05) is 0 Å². The lowest BCUT2D eigenvalue weighted by atomic mass is 9.87. The van der Waals surface area contributed by atoms with E-state index < -0.39 is 30.6 Å². The van der Waals surface area contributed by atoms with Crippen molar-refractivity contribution in [1.82, 2.24) is 0 Å². The summed E-state index contributed by atoms with van der Waals surface area (Å²) in [5, 5.41) is 38.7. The quantitative estimate of drug-likeness (QED) is 0.311. The largest absolute Gasteiger partial charge is 0.481 e. The highest BCUT2D eigenvalue weighted by molar-refractivity contribution is 5.66. The first-order chi connectivity index (χ1) is 12.4. The van der Waals surface area contributed by atoms with Crippen molar-refractivity contribution in [1.29, 1.82) is 0 Å². The Balaban J connectivity index is 2.52. The highest BCUT2D eigenvalue weighted by Crippen LogP contribution is 2.29. The van der Waals surface area contributed by atoms with E-state index in [9.17, 15) is 20.1 Å². The molecule has 6 heteroatoms. The first kappa shape index (κ1) is 22.8. The summed E-state index contributed by atoms with van der Waals surface area (Å²) in [6.45, 7) is 2.11. The summed E-state index contributed by atoms with van der Waals surface area (Å²) in [6, 6.07) is 0. The van der Waals surface area contributed by atoms with Gasteiger partial charge in [0.15, 0.2) is 6.29 Å². The van der Waals surface area contributed by atoms with Crippen LogP contribution in [0, 0.1) is 5.92 Å². The molecule has 0 amide bonds. The first-order valence-electron chi connectivity index (χ1n) is 9.68. The number of aliphatic hydroxyl groups is 3. The maximum atomic E-state index is 10.5. The van der Waals surface area contributed by atoms with Crippen molar-refractivity contribution < 1.29 is 30.0 Å². The fourth-order valence-electron chi connectivity index (χ4n) is 3.10. The molecular weight excluding hydrogens is 336 g/mol. The van der Waals surface area contributed by atoms with Gasteiger partial charge in [-0.2, -0.15) is 0 Å². The van der Waals surface area contributed by atoms with E-state index in [0.29, 0.717) is 25.7 Å². The molecule has 0 aromatic rings. The number of unbranched alkanes of at least 4 members (excludes halogenated alkanes) is 3. The standard InChI is InChI=1S/C20H34O6/c1-2-3-6-9-15(21)12-13-18-16(17(22)14-20(25)26-18)10-7-4-5-8-11-19(23)24/h4,7,12-13,15-18,20-22,25H,2-3,5-6,8-11,14H2,1H3,(H,23,24)/b7-4-,13-12+/t15-,16+,17-,18-,20-/m1/s1. The van der Waals surface area contributed by atoms with Crippen LogP contribution < -0.4 is 0 Å². The molecule has 5 atom stereocenters. The summed E-state index contributed by atoms with van der Waals surface area (Å²) in [4.78, 5) is 10.5. The molecule has 1 fully saturated rings. The lowest BCUT2D eigenvalue weighted by Gasteiger charge is -2.36. The molecule has 1 rings (SSSR count). The fraction of sp³-hybridized carbons (Fsp3) is 0.750. The zero-order valence-electron chi connectivity index (χ0n) is 15.7. The summed E-state index contributed by atoms with van der Waals surface area (Å²) < 4.78 is 5.54. The van der Waals surface area contributed by atoms with Crippen LogP contribution in [0.1, 0.15) is 64.7 Å². The maximum Gasteiger partial charge on any atom is 0.303 e. The zero-order valence-corrected chi connectivity index (χ0v) is 15.7. The minimum Gasteiger partial charge on any atom is -0.481 e. The smallest absolute Gasteiger partial charge is 0.303 e. The van der Waals surface area contributed by atoms with Gasteiger partial charge < -0.3 is 25.2 Å². The molecule has 0 spiro atoms. The second kappa shape index (κ2) is 13.0. The summed E-state index contributed by atoms with van der Waals surface area (Å²) in [7, 11) is 0. The van der Waals surface area contributed by atoms with Gasteiger partial charge in [-0.05, 0) is 25.7 Å². The zero-order chi connectivity index (χ0) is 19.4. The molecule has 1 aliphatic rings. The van der Waals surface area contributed by atoms with Crippen LogP contribution in [0.5, 0.6) is 0 Å². The molecule has 0 aliphatic carbocycles. The van der Waals surface area contributed by atoms with E-state index in [1.54, 1.807) is 12.2 Å². The molecule has 1 saturated heterocycles. The molecule has 26 heavy (non-hydrogen) atoms. The molecular formula is C20H34O6. The third-order valence-electron chi connectivity index (χ3n) is 4.64. The Morgan fingerprint density at radius 3 is 2.69 bits per heavy atom. The van der Waals surface area contributed by atoms with Crippen molar-refractivity contribution in [3.05, 3.63) is 24.3 Å². The minimum atomic E-state index is -1.01. The summed E-state index contributed by atoms with van der Waals surface area (Å²) >= 11 is 0. The van der Waals surface area contributed by atoms with Gasteiger partial charge in [-0.25, -0.2) is 0 Å². The Kier molecular flexibility index (Phi) is 11.4. The average molecular weight is 370 g/mol. The summed E-state index contributed by atoms with van der Waals surface area (Å²) in [6.07, 6.45) is 10.5. The van der Waals surface area contributed by atoms with Crippen LogP contribution in [0.15, 0.2) is 24.3 Å². The lowest BCUT2D eigenvalue weighted by Crippen LogP contribution is -2.43. The number of carbonyl (C=O) groups is 1. The first-order valence-corrected chi connectivity index (χ1v) is 9.68. The van der Waals surface area contributed by atoms with Crippen LogP contribution in [0.3, 0.4) is 0 Å². The van der Waals surface area contributed by atoms with Crippen molar-refractivity contribution in [2.24, 2.45) is 5.92 Å². The topological polar surface area (TPSA) is 107 Å². The number of allylic oxidation sites excluding steroid dienone is 2. The van der Waals surface area contributed by atoms with Gasteiger partial charge in [-0.3, -0.25) is 4.79 Å². The van der Waals surface area contributed by atoms with Crippen LogP contribution in [-0.2, 0) is 9.53 Å². The fourth-order valence-corrected chi connectivity index (χ4v) is 3.10. The molecule has 0 aromatic carbocycles. The van der Waals surface area contributed by atoms with Crippen LogP contribution >= 0.6 is 0 Å². The van der Waals surface area contributed by atoms with Gasteiger partial charge in [0, 0.05) is 18.8 Å². The number of ether oxygens (including phenoxy) is 1. The molecule has 150 valence electrons. The molecule has 1 aliphatic heterocycles. The van der Waals surface area contributed by atoms with Crippen molar-refractivity contribution in [2.45, 2.75) is 89.3 Å². The Morgan fingerprint density at radius 1 is 1.23 bits per heavy atom. The molecule has 0 unspecified atom stereocenters. The molecule has 0 aromatic heterocycles. The van der Waals surface area contributed by atoms with Gasteiger partial charge in [0.25, 0.3) is 0 Å². The average Bonchev–Trinajstić information content (AvgIpc) is 2.57. The van der Waals surface area contributed by atoms with Crippen LogP contribution in [0.25, 0.3) is 0 Å². The summed E-state index contributed by atoms with van der Waals surface area (Å²) in [5.41, 5.74) is 0. The Labute approximate surface area is 156 Å². The Hall–Kier alpha value is -1.21. The van der Waals surface area contributed by atoms with Gasteiger partial charge in [-0.1, -0.05) is 50.5 Å². The van der Waals surface area contributed by atoms with Gasteiger partial charge in [0.1, 0.15) is 0 Å². The molecule has 6 nitrogen and oxygen atoms in total. The van der Waals surface area contributed by atoms with Gasteiger partial charge in [-0.15, -0.1) is 0 Å². The third kappa shape index (κ3) is 9.48. The van der Waals surface area contributed by atoms with Crippen molar-refractivity contribution >= 4 is 5.97 Å². The molecule has 0 bridgehead atoms. The van der Waals surface area contributed by atoms with E-state index in [4.69, 9.17) is 9.84 Å². The molecule has 0 radical (unpaired) electrons. The number of rotatable bonds is 12. The highest BCUT2D eigenvalue weighted by Gasteiger charge is 2.35. The second-order valence-electron chi connectivity index (χ2n) is 6.96. The van der Waals surface area contributed by atoms with E-state index in [1.807, 2.05) is 12.2 Å². The predicted molar refractivity (Wildman–Crippen MR) is 99.5 cm³/mol. The third-order valence-corrected chi connectivity index (χ3v) is 4.64.